The first-order valence-electron chi connectivity index (χ1n) is 6.92. The first-order valence-corrected chi connectivity index (χ1v) is 10.3. The molecule has 1 aromatic rings. The molecule has 6 heteroatoms. The van der Waals surface area contributed by atoms with E-state index in [0.29, 0.717) is 11.1 Å². The third kappa shape index (κ3) is 3.62. The molecule has 2 nitrogen and oxygen atoms in total. The van der Waals surface area contributed by atoms with E-state index >= 15 is 0 Å². The Labute approximate surface area is 126 Å². The SMILES string of the molecule is CC[As](c1ccc(C#N)c(C(F)(F)F)c1)C1CCC(O)C1. The minimum atomic E-state index is -4.50. The molecule has 1 saturated carbocycles. The molecule has 1 N–H and O–H groups in total. The average molecular weight is 359 g/mol. The molecule has 1 fully saturated rings. The van der Waals surface area contributed by atoms with Gasteiger partial charge in [-0.2, -0.15) is 0 Å². The van der Waals surface area contributed by atoms with E-state index in [0.717, 1.165) is 22.4 Å². The van der Waals surface area contributed by atoms with E-state index in [-0.39, 0.29) is 11.7 Å². The second-order valence-corrected chi connectivity index (χ2v) is 11.2. The maximum atomic E-state index is 13.0. The zero-order valence-corrected chi connectivity index (χ0v) is 13.6. The molecule has 0 amide bonds. The van der Waals surface area contributed by atoms with Crippen molar-refractivity contribution in [2.75, 3.05) is 0 Å². The predicted octanol–water partition coefficient (Wildman–Crippen LogP) is 3.21. The van der Waals surface area contributed by atoms with Crippen molar-refractivity contribution in [1.29, 1.82) is 5.26 Å². The Bertz CT molecular complexity index is 553. The molecule has 1 aliphatic rings. The van der Waals surface area contributed by atoms with Gasteiger partial charge in [-0.1, -0.05) is 0 Å². The molecule has 0 heterocycles. The van der Waals surface area contributed by atoms with Gasteiger partial charge in [0.15, 0.2) is 0 Å². The fourth-order valence-electron chi connectivity index (χ4n) is 2.91. The van der Waals surface area contributed by atoms with Crippen LogP contribution in [0.1, 0.15) is 37.3 Å². The van der Waals surface area contributed by atoms with Gasteiger partial charge in [-0.25, -0.2) is 0 Å². The van der Waals surface area contributed by atoms with Crippen LogP contribution in [0.3, 0.4) is 0 Å². The molecule has 21 heavy (non-hydrogen) atoms. The van der Waals surface area contributed by atoms with Crippen molar-refractivity contribution in [2.24, 2.45) is 0 Å². The number of hydrogen-bond acceptors (Lipinski definition) is 2. The summed E-state index contributed by atoms with van der Waals surface area (Å²) in [5, 5.41) is 19.4. The van der Waals surface area contributed by atoms with Crippen molar-refractivity contribution in [3.63, 3.8) is 0 Å². The molecule has 0 saturated heterocycles. The van der Waals surface area contributed by atoms with Gasteiger partial charge in [-0.3, -0.25) is 0 Å². The van der Waals surface area contributed by atoms with E-state index in [1.807, 2.05) is 6.92 Å². The first kappa shape index (κ1) is 16.4. The Morgan fingerprint density at radius 3 is 2.57 bits per heavy atom. The summed E-state index contributed by atoms with van der Waals surface area (Å²) >= 11 is -1.64. The van der Waals surface area contributed by atoms with Crippen LogP contribution >= 0.6 is 0 Å². The Kier molecular flexibility index (Phi) is 5.01. The fraction of sp³-hybridized carbons (Fsp3) is 0.533. The van der Waals surface area contributed by atoms with Gasteiger partial charge >= 0.3 is 126 Å². The first-order chi connectivity index (χ1) is 9.86. The van der Waals surface area contributed by atoms with Crippen LogP contribution in [0.15, 0.2) is 18.2 Å². The molecule has 1 aromatic carbocycles. The number of nitrogens with zero attached hydrogens (tertiary/aromatic N) is 1. The second-order valence-electron chi connectivity index (χ2n) is 5.25. The van der Waals surface area contributed by atoms with Gasteiger partial charge in [0.25, 0.3) is 0 Å². The number of nitriles is 1. The van der Waals surface area contributed by atoms with Crippen LogP contribution < -0.4 is 4.35 Å². The van der Waals surface area contributed by atoms with E-state index in [2.05, 4.69) is 0 Å². The van der Waals surface area contributed by atoms with Crippen LogP contribution in [0.2, 0.25) is 9.91 Å². The van der Waals surface area contributed by atoms with Crippen LogP contribution in [-0.2, 0) is 6.18 Å². The maximum absolute atomic E-state index is 13.0. The molecule has 0 bridgehead atoms. The summed E-state index contributed by atoms with van der Waals surface area (Å²) in [6.45, 7) is 2.01. The van der Waals surface area contributed by atoms with Crippen LogP contribution in [0.4, 0.5) is 13.2 Å². The van der Waals surface area contributed by atoms with Crippen LogP contribution in [-0.4, -0.2) is 25.9 Å². The molecule has 2 rings (SSSR count). The summed E-state index contributed by atoms with van der Waals surface area (Å²) in [5.74, 6) is 0. The third-order valence-electron chi connectivity index (χ3n) is 3.92. The molecular weight excluding hydrogens is 342 g/mol. The average Bonchev–Trinajstić information content (AvgIpc) is 2.85. The van der Waals surface area contributed by atoms with E-state index < -0.39 is 26.4 Å². The summed E-state index contributed by atoms with van der Waals surface area (Å²) in [5.41, 5.74) is -1.14. The van der Waals surface area contributed by atoms with Gasteiger partial charge in [-0.05, 0) is 0 Å². The zero-order chi connectivity index (χ0) is 15.6. The summed E-state index contributed by atoms with van der Waals surface area (Å²) in [7, 11) is 0. The Balaban J connectivity index is 2.37. The van der Waals surface area contributed by atoms with Gasteiger partial charge in [-0.15, -0.1) is 0 Å². The molecule has 0 spiro atoms. The molecule has 0 aromatic heterocycles. The summed E-state index contributed by atoms with van der Waals surface area (Å²) in [6.07, 6.45) is -2.45. The molecule has 0 radical (unpaired) electrons. The van der Waals surface area contributed by atoms with Crippen molar-refractivity contribution in [3.8, 4) is 6.07 Å². The van der Waals surface area contributed by atoms with E-state index in [4.69, 9.17) is 5.26 Å². The molecular formula is C15H17AsF3NO. The Morgan fingerprint density at radius 1 is 1.38 bits per heavy atom. The number of hydrogen-bond donors (Lipinski definition) is 1. The topological polar surface area (TPSA) is 44.0 Å². The van der Waals surface area contributed by atoms with Crippen molar-refractivity contribution in [3.05, 3.63) is 29.3 Å². The van der Waals surface area contributed by atoms with E-state index in [1.54, 1.807) is 12.1 Å². The number of aliphatic hydroxyl groups is 1. The quantitative estimate of drug-likeness (QED) is 0.843. The zero-order valence-electron chi connectivity index (χ0n) is 11.7. The van der Waals surface area contributed by atoms with Crippen LogP contribution in [0.5, 0.6) is 0 Å². The van der Waals surface area contributed by atoms with Crippen molar-refractivity contribution >= 4 is 19.0 Å². The number of benzene rings is 1. The Hall–Kier alpha value is -0.982. The minimum absolute atomic E-state index is 0.307. The third-order valence-corrected chi connectivity index (χ3v) is 10.2. The van der Waals surface area contributed by atoms with Gasteiger partial charge in [0, 0.05) is 0 Å². The van der Waals surface area contributed by atoms with Gasteiger partial charge in [0.2, 0.25) is 0 Å². The molecule has 1 aliphatic carbocycles. The standard InChI is InChI=1S/C15H17AsF3NO/c1-2-16(11-5-6-13(21)7-11)12-4-3-10(9-20)14(8-12)15(17,18)19/h3-4,8,11,13,21H,2,5-7H2,1H3. The fourth-order valence-corrected chi connectivity index (χ4v) is 8.83. The second kappa shape index (κ2) is 6.42. The molecule has 0 aliphatic heterocycles. The number of alkyl halides is 3. The van der Waals surface area contributed by atoms with Crippen molar-refractivity contribution < 1.29 is 18.3 Å². The van der Waals surface area contributed by atoms with Crippen molar-refractivity contribution in [2.45, 2.75) is 48.4 Å². The van der Waals surface area contributed by atoms with Crippen molar-refractivity contribution in [1.82, 2.24) is 0 Å². The summed E-state index contributed by atoms with van der Waals surface area (Å²) in [6, 6.07) is 5.77. The Morgan fingerprint density at radius 2 is 2.10 bits per heavy atom. The van der Waals surface area contributed by atoms with Crippen LogP contribution in [0.25, 0.3) is 0 Å². The number of aliphatic hydroxyl groups excluding tert-OH is 1. The van der Waals surface area contributed by atoms with Gasteiger partial charge < -0.3 is 0 Å². The normalized spacial score (nSPS) is 23.8. The van der Waals surface area contributed by atoms with Gasteiger partial charge in [0.05, 0.1) is 0 Å². The monoisotopic (exact) mass is 359 g/mol. The summed E-state index contributed by atoms with van der Waals surface area (Å²) < 4.78 is 40.3. The van der Waals surface area contributed by atoms with E-state index in [9.17, 15) is 18.3 Å². The van der Waals surface area contributed by atoms with Crippen LogP contribution in [0, 0.1) is 11.3 Å². The molecule has 114 valence electrons. The summed E-state index contributed by atoms with van der Waals surface area (Å²) in [4.78, 5) is 0. The van der Waals surface area contributed by atoms with E-state index in [1.165, 1.54) is 12.1 Å². The molecule has 3 unspecified atom stereocenters. The predicted molar refractivity (Wildman–Crippen MR) is 75.6 cm³/mol. The van der Waals surface area contributed by atoms with Gasteiger partial charge in [0.1, 0.15) is 0 Å². The number of rotatable bonds is 3. The molecule has 3 atom stereocenters. The number of halogens is 3.